The molecule has 120 valence electrons. The van der Waals surface area contributed by atoms with Gasteiger partial charge in [-0.1, -0.05) is 11.6 Å². The molecule has 4 nitrogen and oxygen atoms in total. The summed E-state index contributed by atoms with van der Waals surface area (Å²) in [6.07, 6.45) is -1.53. The van der Waals surface area contributed by atoms with Crippen LogP contribution in [-0.2, 0) is 4.74 Å². The summed E-state index contributed by atoms with van der Waals surface area (Å²) in [7, 11) is 0. The zero-order valence-electron chi connectivity index (χ0n) is 12.6. The van der Waals surface area contributed by atoms with Gasteiger partial charge in [-0.3, -0.25) is 0 Å². The number of hydrogen-bond donors (Lipinski definition) is 0. The van der Waals surface area contributed by atoms with Crippen molar-refractivity contribution in [1.82, 2.24) is 0 Å². The molecular weight excluding hydrogens is 321 g/mol. The smallest absolute Gasteiger partial charge is 0.409 e. The van der Waals surface area contributed by atoms with Crippen LogP contribution in [0.15, 0.2) is 42.5 Å². The summed E-state index contributed by atoms with van der Waals surface area (Å²) >= 11 is 5.89. The normalized spacial score (nSPS) is 17.2. The van der Waals surface area contributed by atoms with E-state index in [2.05, 4.69) is 0 Å². The van der Waals surface area contributed by atoms with Crippen LogP contribution in [0, 0.1) is 5.82 Å². The highest BCUT2D eigenvalue weighted by molar-refractivity contribution is 6.30. The molecule has 0 N–H and O–H groups in total. The van der Waals surface area contributed by atoms with Crippen molar-refractivity contribution in [2.75, 3.05) is 4.90 Å². The van der Waals surface area contributed by atoms with Gasteiger partial charge in [0.15, 0.2) is 6.23 Å². The Hall–Kier alpha value is -2.11. The molecule has 0 fully saturated rings. The van der Waals surface area contributed by atoms with E-state index in [-0.39, 0.29) is 6.10 Å². The third-order valence-electron chi connectivity index (χ3n) is 3.37. The Bertz CT molecular complexity index is 733. The predicted octanol–water partition coefficient (Wildman–Crippen LogP) is 4.92. The third kappa shape index (κ3) is 3.16. The van der Waals surface area contributed by atoms with Gasteiger partial charge in [-0.05, 0) is 56.3 Å². The van der Waals surface area contributed by atoms with Gasteiger partial charge >= 0.3 is 6.09 Å². The third-order valence-corrected chi connectivity index (χ3v) is 3.62. The fourth-order valence-electron chi connectivity index (χ4n) is 2.42. The van der Waals surface area contributed by atoms with Crippen LogP contribution in [0.25, 0.3) is 0 Å². The number of carbonyl (C=O) groups is 1. The van der Waals surface area contributed by atoms with Crippen molar-refractivity contribution in [3.63, 3.8) is 0 Å². The zero-order chi connectivity index (χ0) is 16.6. The highest BCUT2D eigenvalue weighted by atomic mass is 35.5. The maximum absolute atomic E-state index is 13.7. The molecule has 0 radical (unpaired) electrons. The molecule has 0 saturated heterocycles. The minimum Gasteiger partial charge on any atom is -0.409 e. The molecule has 0 saturated carbocycles. The van der Waals surface area contributed by atoms with E-state index >= 15 is 0 Å². The number of ether oxygens (including phenoxy) is 2. The first-order chi connectivity index (χ1) is 11.0. The van der Waals surface area contributed by atoms with E-state index in [4.69, 9.17) is 21.1 Å². The molecule has 3 rings (SSSR count). The van der Waals surface area contributed by atoms with Gasteiger partial charge < -0.3 is 9.47 Å². The Morgan fingerprint density at radius 1 is 1.22 bits per heavy atom. The fourth-order valence-corrected chi connectivity index (χ4v) is 2.54. The van der Waals surface area contributed by atoms with Crippen LogP contribution in [0.3, 0.4) is 0 Å². The van der Waals surface area contributed by atoms with Crippen molar-refractivity contribution >= 4 is 23.4 Å². The molecule has 1 atom stereocenters. The first kappa shape index (κ1) is 15.8. The molecule has 2 aromatic rings. The SMILES string of the molecule is CC(C)OC1c2cc(F)ccc2OC(=O)N1c1ccc(Cl)cc1. The van der Waals surface area contributed by atoms with Gasteiger partial charge in [0.1, 0.15) is 11.6 Å². The van der Waals surface area contributed by atoms with Gasteiger partial charge in [0.2, 0.25) is 0 Å². The van der Waals surface area contributed by atoms with E-state index in [0.29, 0.717) is 22.0 Å². The van der Waals surface area contributed by atoms with Gasteiger partial charge in [-0.25, -0.2) is 14.1 Å². The lowest BCUT2D eigenvalue weighted by molar-refractivity contribution is 0.000602. The lowest BCUT2D eigenvalue weighted by Gasteiger charge is -2.36. The maximum Gasteiger partial charge on any atom is 0.422 e. The molecule has 1 aliphatic heterocycles. The summed E-state index contributed by atoms with van der Waals surface area (Å²) in [5.41, 5.74) is 1.02. The minimum absolute atomic E-state index is 0.170. The largest absolute Gasteiger partial charge is 0.422 e. The van der Waals surface area contributed by atoms with Crippen LogP contribution in [0.4, 0.5) is 14.9 Å². The number of fused-ring (bicyclic) bond motifs is 1. The number of anilines is 1. The number of nitrogens with zero attached hydrogens (tertiary/aromatic N) is 1. The van der Waals surface area contributed by atoms with Crippen LogP contribution in [0.5, 0.6) is 5.75 Å². The Kier molecular flexibility index (Phi) is 4.24. The lowest BCUT2D eigenvalue weighted by Crippen LogP contribution is -2.43. The summed E-state index contributed by atoms with van der Waals surface area (Å²) in [5, 5.41) is 0.548. The average molecular weight is 336 g/mol. The summed E-state index contributed by atoms with van der Waals surface area (Å²) < 4.78 is 24.8. The van der Waals surface area contributed by atoms with Crippen LogP contribution < -0.4 is 9.64 Å². The number of rotatable bonds is 3. The molecule has 0 aromatic heterocycles. The van der Waals surface area contributed by atoms with Crippen molar-refractivity contribution in [2.24, 2.45) is 0 Å². The van der Waals surface area contributed by atoms with Gasteiger partial charge in [-0.15, -0.1) is 0 Å². The van der Waals surface area contributed by atoms with Gasteiger partial charge in [0.25, 0.3) is 0 Å². The van der Waals surface area contributed by atoms with E-state index in [0.717, 1.165) is 0 Å². The van der Waals surface area contributed by atoms with Crippen molar-refractivity contribution in [3.05, 3.63) is 58.9 Å². The highest BCUT2D eigenvalue weighted by Gasteiger charge is 2.37. The summed E-state index contributed by atoms with van der Waals surface area (Å²) in [6.45, 7) is 3.69. The Labute approximate surface area is 138 Å². The first-order valence-corrected chi connectivity index (χ1v) is 7.55. The zero-order valence-corrected chi connectivity index (χ0v) is 13.4. The van der Waals surface area contributed by atoms with E-state index in [1.165, 1.54) is 23.1 Å². The number of amides is 1. The quantitative estimate of drug-likeness (QED) is 0.799. The number of carbonyl (C=O) groups excluding carboxylic acids is 1. The number of benzene rings is 2. The van der Waals surface area contributed by atoms with Gasteiger partial charge in [0.05, 0.1) is 11.8 Å². The van der Waals surface area contributed by atoms with E-state index in [1.807, 2.05) is 13.8 Å². The molecule has 1 aliphatic rings. The second-order valence-electron chi connectivity index (χ2n) is 5.43. The molecule has 1 unspecified atom stereocenters. The second kappa shape index (κ2) is 6.18. The maximum atomic E-state index is 13.7. The average Bonchev–Trinajstić information content (AvgIpc) is 2.49. The van der Waals surface area contributed by atoms with E-state index in [1.54, 1.807) is 24.3 Å². The topological polar surface area (TPSA) is 38.8 Å². The summed E-state index contributed by atoms with van der Waals surface area (Å²) in [5.74, 6) is -0.123. The Morgan fingerprint density at radius 2 is 1.91 bits per heavy atom. The molecule has 1 amide bonds. The Morgan fingerprint density at radius 3 is 2.57 bits per heavy atom. The van der Waals surface area contributed by atoms with Crippen molar-refractivity contribution < 1.29 is 18.7 Å². The monoisotopic (exact) mass is 335 g/mol. The van der Waals surface area contributed by atoms with E-state index < -0.39 is 18.1 Å². The van der Waals surface area contributed by atoms with Crippen LogP contribution in [0.2, 0.25) is 5.02 Å². The van der Waals surface area contributed by atoms with Gasteiger partial charge in [0, 0.05) is 10.6 Å². The summed E-state index contributed by atoms with van der Waals surface area (Å²) in [4.78, 5) is 13.8. The van der Waals surface area contributed by atoms with Crippen LogP contribution >= 0.6 is 11.6 Å². The standard InChI is InChI=1S/C17H15ClFNO3/c1-10(2)22-16-14-9-12(19)5-8-15(14)23-17(21)20(16)13-6-3-11(18)4-7-13/h3-10,16H,1-2H3. The molecule has 0 bridgehead atoms. The molecule has 1 heterocycles. The first-order valence-electron chi connectivity index (χ1n) is 7.17. The minimum atomic E-state index is -0.775. The molecule has 2 aromatic carbocycles. The predicted molar refractivity (Wildman–Crippen MR) is 85.3 cm³/mol. The lowest BCUT2D eigenvalue weighted by atomic mass is 10.1. The second-order valence-corrected chi connectivity index (χ2v) is 5.87. The number of halogens is 2. The fraction of sp³-hybridized carbons (Fsp3) is 0.235. The molecule has 23 heavy (non-hydrogen) atoms. The van der Waals surface area contributed by atoms with E-state index in [9.17, 15) is 9.18 Å². The molecular formula is C17H15ClFNO3. The molecule has 0 aliphatic carbocycles. The van der Waals surface area contributed by atoms with Crippen LogP contribution in [0.1, 0.15) is 25.6 Å². The molecule has 0 spiro atoms. The highest BCUT2D eigenvalue weighted by Crippen LogP contribution is 2.39. The van der Waals surface area contributed by atoms with Crippen molar-refractivity contribution in [1.29, 1.82) is 0 Å². The van der Waals surface area contributed by atoms with Crippen LogP contribution in [-0.4, -0.2) is 12.2 Å². The molecule has 6 heteroatoms. The Balaban J connectivity index is 2.09. The van der Waals surface area contributed by atoms with Gasteiger partial charge in [-0.2, -0.15) is 0 Å². The number of hydrogen-bond acceptors (Lipinski definition) is 3. The summed E-state index contributed by atoms with van der Waals surface area (Å²) in [6, 6.07) is 10.7. The van der Waals surface area contributed by atoms with Crippen molar-refractivity contribution in [3.8, 4) is 5.75 Å². The van der Waals surface area contributed by atoms with Crippen molar-refractivity contribution in [2.45, 2.75) is 26.2 Å².